The third-order valence-corrected chi connectivity index (χ3v) is 3.66. The molecule has 1 aliphatic rings. The summed E-state index contributed by atoms with van der Waals surface area (Å²) in [6.07, 6.45) is 5.88. The van der Waals surface area contributed by atoms with Gasteiger partial charge >= 0.3 is 11.9 Å². The molecular formula is C12H21NO4. The Morgan fingerprint density at radius 1 is 1.06 bits per heavy atom. The van der Waals surface area contributed by atoms with Gasteiger partial charge in [-0.25, -0.2) is 0 Å². The van der Waals surface area contributed by atoms with Crippen LogP contribution in [0.3, 0.4) is 0 Å². The van der Waals surface area contributed by atoms with Crippen molar-refractivity contribution >= 4 is 11.9 Å². The van der Waals surface area contributed by atoms with Crippen molar-refractivity contribution in [2.24, 2.45) is 11.7 Å². The second-order valence-electron chi connectivity index (χ2n) is 4.99. The van der Waals surface area contributed by atoms with Crippen molar-refractivity contribution in [3.05, 3.63) is 0 Å². The number of carboxylic acids is 2. The van der Waals surface area contributed by atoms with E-state index in [2.05, 4.69) is 0 Å². The molecule has 1 atom stereocenters. The monoisotopic (exact) mass is 243 g/mol. The van der Waals surface area contributed by atoms with E-state index in [0.717, 1.165) is 32.1 Å². The first-order valence-corrected chi connectivity index (χ1v) is 6.19. The summed E-state index contributed by atoms with van der Waals surface area (Å²) in [4.78, 5) is 21.9. The van der Waals surface area contributed by atoms with Gasteiger partial charge in [0.2, 0.25) is 0 Å². The molecule has 0 bridgehead atoms. The largest absolute Gasteiger partial charge is 0.481 e. The lowest BCUT2D eigenvalue weighted by molar-refractivity contribution is -0.151. The van der Waals surface area contributed by atoms with Gasteiger partial charge in [-0.3, -0.25) is 9.59 Å². The van der Waals surface area contributed by atoms with Crippen molar-refractivity contribution in [1.29, 1.82) is 0 Å². The fourth-order valence-corrected chi connectivity index (χ4v) is 2.62. The molecule has 0 aromatic rings. The van der Waals surface area contributed by atoms with E-state index < -0.39 is 23.4 Å². The Morgan fingerprint density at radius 2 is 1.53 bits per heavy atom. The van der Waals surface area contributed by atoms with E-state index in [1.807, 2.05) is 0 Å². The number of aliphatic carboxylic acids is 2. The maximum Gasteiger partial charge on any atom is 0.308 e. The lowest BCUT2D eigenvalue weighted by atomic mass is 9.74. The van der Waals surface area contributed by atoms with Crippen LogP contribution in [-0.4, -0.2) is 27.7 Å². The van der Waals surface area contributed by atoms with Crippen LogP contribution in [0.4, 0.5) is 0 Å². The van der Waals surface area contributed by atoms with Crippen LogP contribution in [0.2, 0.25) is 0 Å². The molecule has 0 spiro atoms. The van der Waals surface area contributed by atoms with Crippen LogP contribution >= 0.6 is 0 Å². The minimum atomic E-state index is -1.09. The highest BCUT2D eigenvalue weighted by molar-refractivity contribution is 5.79. The van der Waals surface area contributed by atoms with Crippen molar-refractivity contribution in [3.63, 3.8) is 0 Å². The third-order valence-electron chi connectivity index (χ3n) is 3.66. The predicted octanol–water partition coefficient (Wildman–Crippen LogP) is 1.60. The highest BCUT2D eigenvalue weighted by atomic mass is 16.4. The molecule has 0 aromatic heterocycles. The molecule has 1 fully saturated rings. The lowest BCUT2D eigenvalue weighted by Gasteiger charge is -2.36. The summed E-state index contributed by atoms with van der Waals surface area (Å²) in [5.41, 5.74) is 5.32. The molecule has 0 amide bonds. The standard InChI is InChI=1S/C12H21NO4/c13-12(6-4-2-1-3-5-7-12)9(11(16)17)8-10(14)15/h9H,1-8,13H2,(H,14,15)(H,16,17). The lowest BCUT2D eigenvalue weighted by Crippen LogP contribution is -2.51. The summed E-state index contributed by atoms with van der Waals surface area (Å²) >= 11 is 0. The summed E-state index contributed by atoms with van der Waals surface area (Å²) in [5, 5.41) is 17.9. The van der Waals surface area contributed by atoms with Crippen molar-refractivity contribution < 1.29 is 19.8 Å². The van der Waals surface area contributed by atoms with Gasteiger partial charge in [0.1, 0.15) is 0 Å². The summed E-state index contributed by atoms with van der Waals surface area (Å²) in [7, 11) is 0. The maximum atomic E-state index is 11.2. The first-order valence-electron chi connectivity index (χ1n) is 6.19. The molecule has 98 valence electrons. The van der Waals surface area contributed by atoms with Crippen molar-refractivity contribution in [1.82, 2.24) is 0 Å². The summed E-state index contributed by atoms with van der Waals surface area (Å²) < 4.78 is 0. The molecule has 1 rings (SSSR count). The van der Waals surface area contributed by atoms with Gasteiger partial charge in [-0.05, 0) is 12.8 Å². The molecule has 0 saturated heterocycles. The Bertz CT molecular complexity index is 282. The van der Waals surface area contributed by atoms with Gasteiger partial charge in [-0.2, -0.15) is 0 Å². The van der Waals surface area contributed by atoms with Gasteiger partial charge < -0.3 is 15.9 Å². The van der Waals surface area contributed by atoms with E-state index in [1.165, 1.54) is 0 Å². The molecular weight excluding hydrogens is 222 g/mol. The Balaban J connectivity index is 2.79. The molecule has 0 aliphatic heterocycles. The normalized spacial score (nSPS) is 22.2. The zero-order valence-corrected chi connectivity index (χ0v) is 10.0. The SMILES string of the molecule is NC1(C(CC(=O)O)C(=O)O)CCCCCCC1. The summed E-state index contributed by atoms with van der Waals surface area (Å²) in [5.74, 6) is -3.15. The average Bonchev–Trinajstić information content (AvgIpc) is 2.20. The first kappa shape index (κ1) is 14.0. The van der Waals surface area contributed by atoms with E-state index in [-0.39, 0.29) is 6.42 Å². The smallest absolute Gasteiger partial charge is 0.308 e. The fourth-order valence-electron chi connectivity index (χ4n) is 2.62. The van der Waals surface area contributed by atoms with Crippen LogP contribution in [0.15, 0.2) is 0 Å². The van der Waals surface area contributed by atoms with Crippen molar-refractivity contribution in [2.45, 2.75) is 56.9 Å². The molecule has 0 radical (unpaired) electrons. The Kier molecular flexibility index (Phi) is 4.93. The fraction of sp³-hybridized carbons (Fsp3) is 0.833. The minimum Gasteiger partial charge on any atom is -0.481 e. The van der Waals surface area contributed by atoms with Crippen LogP contribution in [-0.2, 0) is 9.59 Å². The van der Waals surface area contributed by atoms with E-state index in [0.29, 0.717) is 12.8 Å². The quantitative estimate of drug-likeness (QED) is 0.696. The number of hydrogen-bond donors (Lipinski definition) is 3. The van der Waals surface area contributed by atoms with Crippen LogP contribution in [0.1, 0.15) is 51.4 Å². The molecule has 5 heteroatoms. The van der Waals surface area contributed by atoms with Gasteiger partial charge in [0.15, 0.2) is 0 Å². The van der Waals surface area contributed by atoms with E-state index in [1.54, 1.807) is 0 Å². The van der Waals surface area contributed by atoms with Gasteiger partial charge in [-0.15, -0.1) is 0 Å². The highest BCUT2D eigenvalue weighted by Crippen LogP contribution is 2.32. The number of rotatable bonds is 4. The molecule has 0 heterocycles. The Hall–Kier alpha value is -1.10. The summed E-state index contributed by atoms with van der Waals surface area (Å²) in [6.45, 7) is 0. The average molecular weight is 243 g/mol. The van der Waals surface area contributed by atoms with Crippen molar-refractivity contribution in [2.75, 3.05) is 0 Å². The van der Waals surface area contributed by atoms with Gasteiger partial charge in [-0.1, -0.05) is 32.1 Å². The molecule has 5 nitrogen and oxygen atoms in total. The van der Waals surface area contributed by atoms with Crippen LogP contribution < -0.4 is 5.73 Å². The molecule has 0 aromatic carbocycles. The molecule has 4 N–H and O–H groups in total. The number of nitrogens with two attached hydrogens (primary N) is 1. The topological polar surface area (TPSA) is 101 Å². The second kappa shape index (κ2) is 6.00. The zero-order chi connectivity index (χ0) is 12.9. The number of carbonyl (C=O) groups is 2. The summed E-state index contributed by atoms with van der Waals surface area (Å²) in [6, 6.07) is 0. The van der Waals surface area contributed by atoms with E-state index in [4.69, 9.17) is 15.9 Å². The molecule has 1 unspecified atom stereocenters. The third kappa shape index (κ3) is 4.00. The van der Waals surface area contributed by atoms with E-state index >= 15 is 0 Å². The number of hydrogen-bond acceptors (Lipinski definition) is 3. The van der Waals surface area contributed by atoms with Crippen LogP contribution in [0.5, 0.6) is 0 Å². The Labute approximate surface area is 101 Å². The molecule has 1 aliphatic carbocycles. The van der Waals surface area contributed by atoms with Gasteiger partial charge in [0, 0.05) is 5.54 Å². The highest BCUT2D eigenvalue weighted by Gasteiger charge is 2.40. The predicted molar refractivity (Wildman–Crippen MR) is 62.6 cm³/mol. The first-order chi connectivity index (χ1) is 7.96. The molecule has 1 saturated carbocycles. The van der Waals surface area contributed by atoms with E-state index in [9.17, 15) is 9.59 Å². The number of carboxylic acid groups (broad SMARTS) is 2. The molecule has 17 heavy (non-hydrogen) atoms. The van der Waals surface area contributed by atoms with Crippen LogP contribution in [0.25, 0.3) is 0 Å². The minimum absolute atomic E-state index is 0.383. The van der Waals surface area contributed by atoms with Gasteiger partial charge in [0.25, 0.3) is 0 Å². The maximum absolute atomic E-state index is 11.2. The Morgan fingerprint density at radius 3 is 1.94 bits per heavy atom. The van der Waals surface area contributed by atoms with Crippen molar-refractivity contribution in [3.8, 4) is 0 Å². The second-order valence-corrected chi connectivity index (χ2v) is 4.99. The zero-order valence-electron chi connectivity index (χ0n) is 10.0. The van der Waals surface area contributed by atoms with Crippen LogP contribution in [0, 0.1) is 5.92 Å². The van der Waals surface area contributed by atoms with Gasteiger partial charge in [0.05, 0.1) is 12.3 Å².